The Morgan fingerprint density at radius 2 is 1.95 bits per heavy atom. The fourth-order valence-corrected chi connectivity index (χ4v) is 2.34. The number of carbonyl (C=O) groups is 1. The second-order valence-corrected chi connectivity index (χ2v) is 4.64. The summed E-state index contributed by atoms with van der Waals surface area (Å²) in [6.07, 6.45) is 0. The molecule has 0 radical (unpaired) electrons. The molecule has 0 fully saturated rings. The van der Waals surface area contributed by atoms with Crippen LogP contribution < -0.4 is 15.4 Å². The lowest BCUT2D eigenvalue weighted by molar-refractivity contribution is -0.117. The number of para-hydroxylation sites is 1. The molecule has 1 aliphatic rings. The van der Waals surface area contributed by atoms with E-state index < -0.39 is 0 Å². The van der Waals surface area contributed by atoms with Gasteiger partial charge in [0.2, 0.25) is 5.91 Å². The summed E-state index contributed by atoms with van der Waals surface area (Å²) >= 11 is 0. The first kappa shape index (κ1) is 12.7. The van der Waals surface area contributed by atoms with Crippen molar-refractivity contribution < 1.29 is 9.53 Å². The number of ether oxygens (including phenoxy) is 1. The van der Waals surface area contributed by atoms with Crippen LogP contribution >= 0.6 is 0 Å². The van der Waals surface area contributed by atoms with E-state index in [-0.39, 0.29) is 11.9 Å². The quantitative estimate of drug-likeness (QED) is 0.896. The van der Waals surface area contributed by atoms with E-state index in [2.05, 4.69) is 10.6 Å². The second-order valence-electron chi connectivity index (χ2n) is 4.64. The van der Waals surface area contributed by atoms with Crippen molar-refractivity contribution >= 4 is 11.6 Å². The summed E-state index contributed by atoms with van der Waals surface area (Å²) in [4.78, 5) is 11.9. The molecular weight excluding hydrogens is 252 g/mol. The third-order valence-corrected chi connectivity index (χ3v) is 3.24. The first-order valence-corrected chi connectivity index (χ1v) is 6.69. The summed E-state index contributed by atoms with van der Waals surface area (Å²) in [6.45, 7) is 2.73. The lowest BCUT2D eigenvalue weighted by atomic mass is 10.1. The maximum atomic E-state index is 11.9. The van der Waals surface area contributed by atoms with Gasteiger partial charge in [-0.05, 0) is 24.7 Å². The average molecular weight is 268 g/mol. The minimum Gasteiger partial charge on any atom is -0.457 e. The Morgan fingerprint density at radius 3 is 2.70 bits per heavy atom. The zero-order chi connectivity index (χ0) is 13.9. The molecule has 1 amide bonds. The highest BCUT2D eigenvalue weighted by molar-refractivity contribution is 6.02. The molecule has 0 bridgehead atoms. The molecule has 4 heteroatoms. The molecular formula is C16H16N2O2. The number of amides is 1. The minimum atomic E-state index is -0.263. The van der Waals surface area contributed by atoms with Crippen LogP contribution in [0.5, 0.6) is 11.5 Å². The SMILES string of the molecule is CCNC1C(=O)Nc2cc(Oc3ccccc3)ccc21. The van der Waals surface area contributed by atoms with Crippen molar-refractivity contribution in [3.63, 3.8) is 0 Å². The van der Waals surface area contributed by atoms with Crippen LogP contribution in [0.3, 0.4) is 0 Å². The van der Waals surface area contributed by atoms with Gasteiger partial charge in [0, 0.05) is 17.3 Å². The van der Waals surface area contributed by atoms with Crippen molar-refractivity contribution in [2.45, 2.75) is 13.0 Å². The average Bonchev–Trinajstić information content (AvgIpc) is 2.76. The van der Waals surface area contributed by atoms with Gasteiger partial charge >= 0.3 is 0 Å². The van der Waals surface area contributed by atoms with E-state index in [0.29, 0.717) is 5.75 Å². The summed E-state index contributed by atoms with van der Waals surface area (Å²) in [7, 11) is 0. The van der Waals surface area contributed by atoms with Crippen LogP contribution in [0.2, 0.25) is 0 Å². The lowest BCUT2D eigenvalue weighted by Crippen LogP contribution is -2.27. The summed E-state index contributed by atoms with van der Waals surface area (Å²) in [5.41, 5.74) is 1.78. The summed E-state index contributed by atoms with van der Waals surface area (Å²) in [6, 6.07) is 15.0. The molecule has 1 atom stereocenters. The Labute approximate surface area is 117 Å². The van der Waals surface area contributed by atoms with Gasteiger partial charge in [-0.3, -0.25) is 4.79 Å². The van der Waals surface area contributed by atoms with Crippen LogP contribution in [-0.2, 0) is 4.79 Å². The van der Waals surface area contributed by atoms with E-state index in [4.69, 9.17) is 4.74 Å². The highest BCUT2D eigenvalue weighted by atomic mass is 16.5. The zero-order valence-electron chi connectivity index (χ0n) is 11.2. The Kier molecular flexibility index (Phi) is 3.39. The fourth-order valence-electron chi connectivity index (χ4n) is 2.34. The van der Waals surface area contributed by atoms with Crippen LogP contribution in [0.15, 0.2) is 48.5 Å². The number of fused-ring (bicyclic) bond motifs is 1. The lowest BCUT2D eigenvalue weighted by Gasteiger charge is -2.10. The highest BCUT2D eigenvalue weighted by Crippen LogP contribution is 2.34. The molecule has 2 aromatic carbocycles. The van der Waals surface area contributed by atoms with Gasteiger partial charge in [-0.25, -0.2) is 0 Å². The van der Waals surface area contributed by atoms with Crippen LogP contribution in [0.25, 0.3) is 0 Å². The van der Waals surface area contributed by atoms with E-state index in [1.807, 2.05) is 55.5 Å². The Balaban J connectivity index is 1.84. The standard InChI is InChI=1S/C16H16N2O2/c1-2-17-15-13-9-8-12(10-14(13)18-16(15)19)20-11-6-4-3-5-7-11/h3-10,15,17H,2H2,1H3,(H,18,19). The predicted molar refractivity (Wildman–Crippen MR) is 78.0 cm³/mol. The molecule has 1 unspecified atom stereocenters. The van der Waals surface area contributed by atoms with Gasteiger partial charge in [0.15, 0.2) is 0 Å². The maximum Gasteiger partial charge on any atom is 0.246 e. The zero-order valence-corrected chi connectivity index (χ0v) is 11.2. The number of carbonyl (C=O) groups excluding carboxylic acids is 1. The van der Waals surface area contributed by atoms with Gasteiger partial charge in [-0.1, -0.05) is 31.2 Å². The summed E-state index contributed by atoms with van der Waals surface area (Å²) in [5, 5.41) is 6.04. The number of likely N-dealkylation sites (N-methyl/N-ethyl adjacent to an activating group) is 1. The van der Waals surface area contributed by atoms with E-state index >= 15 is 0 Å². The fraction of sp³-hybridized carbons (Fsp3) is 0.188. The molecule has 0 spiro atoms. The third kappa shape index (κ3) is 2.38. The van der Waals surface area contributed by atoms with Gasteiger partial charge in [-0.15, -0.1) is 0 Å². The Hall–Kier alpha value is -2.33. The summed E-state index contributed by atoms with van der Waals surface area (Å²) < 4.78 is 5.76. The Bertz CT molecular complexity index is 626. The van der Waals surface area contributed by atoms with E-state index in [1.54, 1.807) is 0 Å². The van der Waals surface area contributed by atoms with Crippen molar-refractivity contribution in [2.24, 2.45) is 0 Å². The normalized spacial score (nSPS) is 16.6. The summed E-state index contributed by atoms with van der Waals surface area (Å²) in [5.74, 6) is 1.48. The monoisotopic (exact) mass is 268 g/mol. The molecule has 20 heavy (non-hydrogen) atoms. The molecule has 3 rings (SSSR count). The van der Waals surface area contributed by atoms with E-state index in [1.165, 1.54) is 0 Å². The largest absolute Gasteiger partial charge is 0.457 e. The molecule has 0 aliphatic carbocycles. The first-order chi connectivity index (χ1) is 9.78. The molecule has 2 N–H and O–H groups in total. The third-order valence-electron chi connectivity index (χ3n) is 3.24. The van der Waals surface area contributed by atoms with Gasteiger partial charge in [-0.2, -0.15) is 0 Å². The van der Waals surface area contributed by atoms with Gasteiger partial charge in [0.25, 0.3) is 0 Å². The number of anilines is 1. The number of hydrogen-bond acceptors (Lipinski definition) is 3. The van der Waals surface area contributed by atoms with E-state index in [9.17, 15) is 4.79 Å². The Morgan fingerprint density at radius 1 is 1.15 bits per heavy atom. The minimum absolute atomic E-state index is 0.0151. The predicted octanol–water partition coefficient (Wildman–Crippen LogP) is 3.08. The maximum absolute atomic E-state index is 11.9. The number of hydrogen-bond donors (Lipinski definition) is 2. The van der Waals surface area contributed by atoms with E-state index in [0.717, 1.165) is 23.5 Å². The number of nitrogens with one attached hydrogen (secondary N) is 2. The molecule has 2 aromatic rings. The number of rotatable bonds is 4. The van der Waals surface area contributed by atoms with Crippen molar-refractivity contribution in [1.29, 1.82) is 0 Å². The molecule has 102 valence electrons. The molecule has 0 saturated heterocycles. The molecule has 4 nitrogen and oxygen atoms in total. The molecule has 1 aliphatic heterocycles. The first-order valence-electron chi connectivity index (χ1n) is 6.69. The van der Waals surface area contributed by atoms with Gasteiger partial charge in [0.05, 0.1) is 0 Å². The molecule has 0 saturated carbocycles. The molecule has 0 aromatic heterocycles. The van der Waals surface area contributed by atoms with Crippen molar-refractivity contribution in [3.8, 4) is 11.5 Å². The van der Waals surface area contributed by atoms with Gasteiger partial charge in [0.1, 0.15) is 17.5 Å². The molecule has 1 heterocycles. The van der Waals surface area contributed by atoms with Crippen molar-refractivity contribution in [2.75, 3.05) is 11.9 Å². The number of benzene rings is 2. The van der Waals surface area contributed by atoms with Crippen LogP contribution in [0.4, 0.5) is 5.69 Å². The van der Waals surface area contributed by atoms with Crippen molar-refractivity contribution in [3.05, 3.63) is 54.1 Å². The second kappa shape index (κ2) is 5.35. The van der Waals surface area contributed by atoms with Crippen molar-refractivity contribution in [1.82, 2.24) is 5.32 Å². The van der Waals surface area contributed by atoms with Crippen LogP contribution in [0, 0.1) is 0 Å². The topological polar surface area (TPSA) is 50.4 Å². The van der Waals surface area contributed by atoms with Crippen LogP contribution in [-0.4, -0.2) is 12.5 Å². The smallest absolute Gasteiger partial charge is 0.246 e. The van der Waals surface area contributed by atoms with Gasteiger partial charge < -0.3 is 15.4 Å². The highest BCUT2D eigenvalue weighted by Gasteiger charge is 2.29. The van der Waals surface area contributed by atoms with Crippen LogP contribution in [0.1, 0.15) is 18.5 Å².